The summed E-state index contributed by atoms with van der Waals surface area (Å²) in [5.74, 6) is 2.63. The molecular weight excluding hydrogens is 356 g/mol. The van der Waals surface area contributed by atoms with Crippen LogP contribution in [0.5, 0.6) is 0 Å². The molecule has 4 rings (SSSR count). The number of furan rings is 1. The topological polar surface area (TPSA) is 73.4 Å². The maximum atomic E-state index is 12.8. The number of carbonyl (C=O) groups excluding carboxylic acids is 1. The zero-order chi connectivity index (χ0) is 19.5. The highest BCUT2D eigenvalue weighted by Gasteiger charge is 2.30. The van der Waals surface area contributed by atoms with Gasteiger partial charge in [-0.2, -0.15) is 0 Å². The first kappa shape index (κ1) is 18.4. The minimum atomic E-state index is -0.130. The molecule has 3 aromatic rings. The van der Waals surface area contributed by atoms with Crippen molar-refractivity contribution in [3.05, 3.63) is 71.2 Å². The second-order valence-corrected chi connectivity index (χ2v) is 7.12. The molecular formula is C21H24N4O3. The molecule has 2 aromatic heterocycles. The van der Waals surface area contributed by atoms with E-state index in [1.54, 1.807) is 24.1 Å². The molecule has 7 nitrogen and oxygen atoms in total. The maximum absolute atomic E-state index is 12.8. The SMILES string of the molecule is COCc1ccc(C(=O)N2Cc3nnc(CCc4ccccc4)n3[C@@H](C)C2)o1. The number of benzene rings is 1. The van der Waals surface area contributed by atoms with Crippen molar-refractivity contribution in [2.75, 3.05) is 13.7 Å². The van der Waals surface area contributed by atoms with Crippen LogP contribution in [0.3, 0.4) is 0 Å². The average molecular weight is 380 g/mol. The highest BCUT2D eigenvalue weighted by molar-refractivity contribution is 5.91. The van der Waals surface area contributed by atoms with Gasteiger partial charge in [0.05, 0.1) is 12.6 Å². The van der Waals surface area contributed by atoms with E-state index in [1.165, 1.54) is 5.56 Å². The third-order valence-electron chi connectivity index (χ3n) is 5.02. The number of aryl methyl sites for hydroxylation is 2. The molecule has 0 radical (unpaired) electrons. The van der Waals surface area contributed by atoms with Gasteiger partial charge >= 0.3 is 0 Å². The lowest BCUT2D eigenvalue weighted by Gasteiger charge is -2.32. The normalized spacial score (nSPS) is 16.2. The van der Waals surface area contributed by atoms with Crippen LogP contribution in [-0.2, 0) is 30.7 Å². The van der Waals surface area contributed by atoms with Crippen LogP contribution in [0.2, 0.25) is 0 Å². The number of hydrogen-bond donors (Lipinski definition) is 0. The molecule has 0 unspecified atom stereocenters. The van der Waals surface area contributed by atoms with Crippen molar-refractivity contribution >= 4 is 5.91 Å². The first-order valence-corrected chi connectivity index (χ1v) is 9.49. The fraction of sp³-hybridized carbons (Fsp3) is 0.381. The summed E-state index contributed by atoms with van der Waals surface area (Å²) in [5.41, 5.74) is 1.28. The fourth-order valence-corrected chi connectivity index (χ4v) is 3.71. The number of carbonyl (C=O) groups is 1. The van der Waals surface area contributed by atoms with Gasteiger partial charge in [0.25, 0.3) is 5.91 Å². The molecule has 0 spiro atoms. The summed E-state index contributed by atoms with van der Waals surface area (Å²) in [4.78, 5) is 14.6. The molecule has 0 aliphatic carbocycles. The summed E-state index contributed by atoms with van der Waals surface area (Å²) < 4.78 is 12.8. The third kappa shape index (κ3) is 3.71. The Morgan fingerprint density at radius 2 is 2.00 bits per heavy atom. The summed E-state index contributed by atoms with van der Waals surface area (Å²) in [6, 6.07) is 14.0. The van der Waals surface area contributed by atoms with Gasteiger partial charge in [-0.3, -0.25) is 4.79 Å². The lowest BCUT2D eigenvalue weighted by atomic mass is 10.1. The monoisotopic (exact) mass is 380 g/mol. The summed E-state index contributed by atoms with van der Waals surface area (Å²) in [5, 5.41) is 8.74. The van der Waals surface area contributed by atoms with E-state index in [4.69, 9.17) is 9.15 Å². The zero-order valence-corrected chi connectivity index (χ0v) is 16.2. The minimum Gasteiger partial charge on any atom is -0.453 e. The smallest absolute Gasteiger partial charge is 0.290 e. The molecule has 0 fully saturated rings. The molecule has 1 aliphatic heterocycles. The number of amides is 1. The summed E-state index contributed by atoms with van der Waals surface area (Å²) >= 11 is 0. The van der Waals surface area contributed by atoms with Crippen LogP contribution in [0.25, 0.3) is 0 Å². The second-order valence-electron chi connectivity index (χ2n) is 7.12. The molecule has 0 saturated heterocycles. The van der Waals surface area contributed by atoms with Gasteiger partial charge < -0.3 is 18.6 Å². The van der Waals surface area contributed by atoms with Crippen LogP contribution in [-0.4, -0.2) is 39.2 Å². The minimum absolute atomic E-state index is 0.113. The van der Waals surface area contributed by atoms with E-state index in [0.717, 1.165) is 24.5 Å². The van der Waals surface area contributed by atoms with Gasteiger partial charge in [0.1, 0.15) is 18.2 Å². The molecule has 7 heteroatoms. The summed E-state index contributed by atoms with van der Waals surface area (Å²) in [6.45, 7) is 3.48. The molecule has 1 aliphatic rings. The van der Waals surface area contributed by atoms with Gasteiger partial charge in [-0.05, 0) is 31.0 Å². The predicted octanol–water partition coefficient (Wildman–Crippen LogP) is 3.02. The number of nitrogens with zero attached hydrogens (tertiary/aromatic N) is 4. The molecule has 0 bridgehead atoms. The molecule has 3 heterocycles. The second kappa shape index (κ2) is 7.98. The molecule has 0 saturated carbocycles. The van der Waals surface area contributed by atoms with Crippen LogP contribution in [0.15, 0.2) is 46.9 Å². The van der Waals surface area contributed by atoms with Gasteiger partial charge in [-0.1, -0.05) is 30.3 Å². The molecule has 1 atom stereocenters. The Labute approximate surface area is 163 Å². The summed E-state index contributed by atoms with van der Waals surface area (Å²) in [7, 11) is 1.60. The van der Waals surface area contributed by atoms with Gasteiger partial charge in [-0.25, -0.2) is 0 Å². The van der Waals surface area contributed by atoms with Crippen LogP contribution in [0.4, 0.5) is 0 Å². The van der Waals surface area contributed by atoms with Crippen LogP contribution >= 0.6 is 0 Å². The van der Waals surface area contributed by atoms with E-state index in [1.807, 2.05) is 18.2 Å². The first-order chi connectivity index (χ1) is 13.7. The van der Waals surface area contributed by atoms with Gasteiger partial charge in [-0.15, -0.1) is 10.2 Å². The van der Waals surface area contributed by atoms with E-state index in [2.05, 4.69) is 33.8 Å². The number of fused-ring (bicyclic) bond motifs is 1. The van der Waals surface area contributed by atoms with E-state index in [0.29, 0.717) is 31.2 Å². The highest BCUT2D eigenvalue weighted by atomic mass is 16.5. The van der Waals surface area contributed by atoms with Crippen molar-refractivity contribution in [2.45, 2.75) is 39.0 Å². The van der Waals surface area contributed by atoms with Crippen molar-refractivity contribution in [3.63, 3.8) is 0 Å². The van der Waals surface area contributed by atoms with Crippen molar-refractivity contribution < 1.29 is 13.9 Å². The van der Waals surface area contributed by atoms with Crippen LogP contribution in [0, 0.1) is 0 Å². The van der Waals surface area contributed by atoms with Crippen LogP contribution in [0.1, 0.15) is 46.5 Å². The summed E-state index contributed by atoms with van der Waals surface area (Å²) in [6.07, 6.45) is 1.75. The van der Waals surface area contributed by atoms with E-state index < -0.39 is 0 Å². The van der Waals surface area contributed by atoms with Crippen molar-refractivity contribution in [1.82, 2.24) is 19.7 Å². The zero-order valence-electron chi connectivity index (χ0n) is 16.2. The van der Waals surface area contributed by atoms with E-state index in [-0.39, 0.29) is 11.9 Å². The molecule has 146 valence electrons. The highest BCUT2D eigenvalue weighted by Crippen LogP contribution is 2.24. The standard InChI is InChI=1S/C21H24N4O3/c1-15-12-24(21(26)18-10-9-17(28-18)14-27-2)13-20-23-22-19(25(15)20)11-8-16-6-4-3-5-7-16/h3-7,9-10,15H,8,11-14H2,1-2H3/t15-/m0/s1. The third-order valence-corrected chi connectivity index (χ3v) is 5.02. The van der Waals surface area contributed by atoms with Crippen LogP contribution < -0.4 is 0 Å². The number of methoxy groups -OCH3 is 1. The Kier molecular flexibility index (Phi) is 5.25. The number of ether oxygens (including phenoxy) is 1. The first-order valence-electron chi connectivity index (χ1n) is 9.49. The van der Waals surface area contributed by atoms with Crippen molar-refractivity contribution in [2.24, 2.45) is 0 Å². The lowest BCUT2D eigenvalue weighted by Crippen LogP contribution is -2.40. The average Bonchev–Trinajstić information content (AvgIpc) is 3.34. The molecule has 1 amide bonds. The number of hydrogen-bond acceptors (Lipinski definition) is 5. The van der Waals surface area contributed by atoms with E-state index in [9.17, 15) is 4.79 Å². The molecule has 0 N–H and O–H groups in total. The van der Waals surface area contributed by atoms with E-state index >= 15 is 0 Å². The predicted molar refractivity (Wildman–Crippen MR) is 103 cm³/mol. The number of aromatic nitrogens is 3. The van der Waals surface area contributed by atoms with Gasteiger partial charge in [0, 0.05) is 20.1 Å². The Morgan fingerprint density at radius 3 is 2.79 bits per heavy atom. The Balaban J connectivity index is 1.46. The molecule has 1 aromatic carbocycles. The quantitative estimate of drug-likeness (QED) is 0.657. The van der Waals surface area contributed by atoms with Gasteiger partial charge in [0.2, 0.25) is 0 Å². The Morgan fingerprint density at radius 1 is 1.18 bits per heavy atom. The number of rotatable bonds is 6. The largest absolute Gasteiger partial charge is 0.453 e. The van der Waals surface area contributed by atoms with Gasteiger partial charge in [0.15, 0.2) is 11.6 Å². The fourth-order valence-electron chi connectivity index (χ4n) is 3.71. The molecule has 28 heavy (non-hydrogen) atoms. The Bertz CT molecular complexity index is 948. The maximum Gasteiger partial charge on any atom is 0.290 e. The lowest BCUT2D eigenvalue weighted by molar-refractivity contribution is 0.0640. The van der Waals surface area contributed by atoms with Crippen molar-refractivity contribution in [1.29, 1.82) is 0 Å². The van der Waals surface area contributed by atoms with Crippen molar-refractivity contribution in [3.8, 4) is 0 Å². The Hall–Kier alpha value is -2.93.